The number of sulfonamides is 1. The lowest BCUT2D eigenvalue weighted by Gasteiger charge is -2.19. The predicted octanol–water partition coefficient (Wildman–Crippen LogP) is 3.43. The number of nitrogens with zero attached hydrogens (tertiary/aromatic N) is 1. The number of hydrogen-bond donors (Lipinski definition) is 1. The van der Waals surface area contributed by atoms with Crippen LogP contribution in [0.2, 0.25) is 15.1 Å². The first kappa shape index (κ1) is 18.0. The molecular formula is C12H16Cl3NO3S. The van der Waals surface area contributed by atoms with E-state index in [1.54, 1.807) is 0 Å². The van der Waals surface area contributed by atoms with Crippen LogP contribution in [0.15, 0.2) is 17.0 Å². The molecule has 8 heteroatoms. The Kier molecular flexibility index (Phi) is 7.04. The molecule has 0 saturated carbocycles. The van der Waals surface area contributed by atoms with Gasteiger partial charge in [0.1, 0.15) is 4.90 Å². The lowest BCUT2D eigenvalue weighted by Crippen LogP contribution is -2.28. The summed E-state index contributed by atoms with van der Waals surface area (Å²) in [5, 5.41) is 8.98. The van der Waals surface area contributed by atoms with Crippen molar-refractivity contribution in [2.45, 2.75) is 24.2 Å². The van der Waals surface area contributed by atoms with Crippen molar-refractivity contribution in [1.29, 1.82) is 0 Å². The molecule has 0 unspecified atom stereocenters. The zero-order chi connectivity index (χ0) is 15.3. The van der Waals surface area contributed by atoms with E-state index < -0.39 is 10.0 Å². The van der Waals surface area contributed by atoms with E-state index >= 15 is 0 Å². The maximum absolute atomic E-state index is 12.4. The van der Waals surface area contributed by atoms with E-state index in [2.05, 4.69) is 0 Å². The van der Waals surface area contributed by atoms with Crippen LogP contribution in [0.4, 0.5) is 0 Å². The van der Waals surface area contributed by atoms with Crippen molar-refractivity contribution in [3.63, 3.8) is 0 Å². The summed E-state index contributed by atoms with van der Waals surface area (Å²) in [5.74, 6) is 0. The Labute approximate surface area is 134 Å². The Bertz CT molecular complexity index is 540. The molecule has 0 radical (unpaired) electrons. The summed E-state index contributed by atoms with van der Waals surface area (Å²) in [5.41, 5.74) is 0. The normalized spacial score (nSPS) is 12.1. The molecule has 1 aromatic rings. The molecule has 0 amide bonds. The van der Waals surface area contributed by atoms with Gasteiger partial charge in [-0.2, -0.15) is 0 Å². The Hall–Kier alpha value is -0.0400. The first-order valence-corrected chi connectivity index (χ1v) is 8.60. The van der Waals surface area contributed by atoms with Crippen molar-refractivity contribution >= 4 is 44.8 Å². The summed E-state index contributed by atoms with van der Waals surface area (Å²) in [4.78, 5) is -0.130. The average molecular weight is 361 g/mol. The van der Waals surface area contributed by atoms with Gasteiger partial charge in [0.15, 0.2) is 0 Å². The second-order valence-corrected chi connectivity index (χ2v) is 7.54. The van der Waals surface area contributed by atoms with Crippen molar-refractivity contribution in [2.75, 3.05) is 20.2 Å². The van der Waals surface area contributed by atoms with Crippen LogP contribution in [-0.2, 0) is 10.0 Å². The van der Waals surface area contributed by atoms with Crippen LogP contribution in [0.3, 0.4) is 0 Å². The van der Waals surface area contributed by atoms with Gasteiger partial charge in [-0.25, -0.2) is 12.7 Å². The van der Waals surface area contributed by atoms with Crippen molar-refractivity contribution in [2.24, 2.45) is 0 Å². The molecule has 1 N–H and O–H groups in total. The monoisotopic (exact) mass is 359 g/mol. The summed E-state index contributed by atoms with van der Waals surface area (Å²) in [7, 11) is -2.29. The molecule has 0 heterocycles. The van der Waals surface area contributed by atoms with Crippen LogP contribution in [0.5, 0.6) is 0 Å². The molecule has 0 aliphatic rings. The smallest absolute Gasteiger partial charge is 0.245 e. The fraction of sp³-hybridized carbons (Fsp3) is 0.500. The highest BCUT2D eigenvalue weighted by atomic mass is 35.5. The summed E-state index contributed by atoms with van der Waals surface area (Å²) >= 11 is 17.6. The molecule has 20 heavy (non-hydrogen) atoms. The third kappa shape index (κ3) is 4.48. The predicted molar refractivity (Wildman–Crippen MR) is 82.2 cm³/mol. The molecule has 0 atom stereocenters. The Morgan fingerprint density at radius 1 is 1.10 bits per heavy atom. The van der Waals surface area contributed by atoms with Crippen LogP contribution in [0.1, 0.15) is 19.3 Å². The topological polar surface area (TPSA) is 57.6 Å². The first-order valence-electron chi connectivity index (χ1n) is 6.02. The molecule has 0 saturated heterocycles. The second kappa shape index (κ2) is 7.82. The lowest BCUT2D eigenvalue weighted by molar-refractivity contribution is 0.281. The Morgan fingerprint density at radius 2 is 1.65 bits per heavy atom. The lowest BCUT2D eigenvalue weighted by atomic mass is 10.2. The van der Waals surface area contributed by atoms with Crippen LogP contribution >= 0.6 is 34.8 Å². The molecule has 0 aliphatic heterocycles. The fourth-order valence-electron chi connectivity index (χ4n) is 1.67. The molecule has 114 valence electrons. The number of aliphatic hydroxyl groups excluding tert-OH is 1. The number of aliphatic hydroxyl groups is 1. The van der Waals surface area contributed by atoms with Crippen LogP contribution in [-0.4, -0.2) is 38.0 Å². The minimum atomic E-state index is -3.76. The Morgan fingerprint density at radius 3 is 2.15 bits per heavy atom. The molecule has 0 bridgehead atoms. The van der Waals surface area contributed by atoms with Gasteiger partial charge in [-0.15, -0.1) is 0 Å². The summed E-state index contributed by atoms with van der Waals surface area (Å²) in [6, 6.07) is 2.70. The van der Waals surface area contributed by atoms with E-state index in [1.165, 1.54) is 23.5 Å². The summed E-state index contributed by atoms with van der Waals surface area (Å²) < 4.78 is 26.0. The van der Waals surface area contributed by atoms with Crippen LogP contribution in [0, 0.1) is 0 Å². The third-order valence-electron chi connectivity index (χ3n) is 2.76. The molecule has 0 aliphatic carbocycles. The molecule has 0 spiro atoms. The highest BCUT2D eigenvalue weighted by Gasteiger charge is 2.26. The van der Waals surface area contributed by atoms with Gasteiger partial charge in [0.2, 0.25) is 10.0 Å². The average Bonchev–Trinajstić information content (AvgIpc) is 2.32. The van der Waals surface area contributed by atoms with Gasteiger partial charge in [0.05, 0.1) is 10.0 Å². The summed E-state index contributed by atoms with van der Waals surface area (Å²) in [6.07, 6.45) is 2.05. The van der Waals surface area contributed by atoms with Gasteiger partial charge >= 0.3 is 0 Å². The van der Waals surface area contributed by atoms with Crippen molar-refractivity contribution in [1.82, 2.24) is 4.31 Å². The largest absolute Gasteiger partial charge is 0.396 e. The number of benzene rings is 1. The Balaban J connectivity index is 2.93. The van der Waals surface area contributed by atoms with Gasteiger partial charge in [-0.05, 0) is 31.4 Å². The van der Waals surface area contributed by atoms with E-state index in [9.17, 15) is 8.42 Å². The van der Waals surface area contributed by atoms with Crippen molar-refractivity contribution in [3.8, 4) is 0 Å². The summed E-state index contributed by atoms with van der Waals surface area (Å²) in [6.45, 7) is 0.433. The molecule has 4 nitrogen and oxygen atoms in total. The number of rotatable bonds is 7. The van der Waals surface area contributed by atoms with E-state index in [4.69, 9.17) is 39.9 Å². The minimum Gasteiger partial charge on any atom is -0.396 e. The maximum atomic E-state index is 12.4. The highest BCUT2D eigenvalue weighted by molar-refractivity contribution is 7.89. The van der Waals surface area contributed by atoms with Crippen LogP contribution in [0.25, 0.3) is 0 Å². The number of hydrogen-bond acceptors (Lipinski definition) is 3. The molecule has 0 aromatic heterocycles. The maximum Gasteiger partial charge on any atom is 0.245 e. The van der Waals surface area contributed by atoms with Gasteiger partial charge < -0.3 is 5.11 Å². The minimum absolute atomic E-state index is 0.00436. The van der Waals surface area contributed by atoms with Crippen molar-refractivity contribution < 1.29 is 13.5 Å². The van der Waals surface area contributed by atoms with E-state index in [0.717, 1.165) is 6.42 Å². The zero-order valence-corrected chi connectivity index (χ0v) is 14.0. The van der Waals surface area contributed by atoms with E-state index in [1.807, 2.05) is 0 Å². The highest BCUT2D eigenvalue weighted by Crippen LogP contribution is 2.34. The number of unbranched alkanes of at least 4 members (excludes halogenated alkanes) is 2. The fourth-order valence-corrected chi connectivity index (χ4v) is 4.37. The van der Waals surface area contributed by atoms with Gasteiger partial charge in [-0.3, -0.25) is 0 Å². The number of halogens is 3. The van der Waals surface area contributed by atoms with E-state index in [-0.39, 0.29) is 26.6 Å². The second-order valence-electron chi connectivity index (χ2n) is 4.31. The van der Waals surface area contributed by atoms with Gasteiger partial charge in [0, 0.05) is 25.2 Å². The molecule has 0 fully saturated rings. The first-order chi connectivity index (χ1) is 9.30. The van der Waals surface area contributed by atoms with Gasteiger partial charge in [0.25, 0.3) is 0 Å². The van der Waals surface area contributed by atoms with Crippen molar-refractivity contribution in [3.05, 3.63) is 27.2 Å². The third-order valence-corrected chi connectivity index (χ3v) is 5.76. The zero-order valence-electron chi connectivity index (χ0n) is 10.9. The molecule has 1 aromatic carbocycles. The standard InChI is InChI=1S/C12H16Cl3NO3S/c1-16(5-3-2-4-6-17)20(18,19)12-10(14)7-9(13)8-11(12)15/h7-8,17H,2-6H2,1H3. The van der Waals surface area contributed by atoms with Gasteiger partial charge in [-0.1, -0.05) is 34.8 Å². The van der Waals surface area contributed by atoms with E-state index in [0.29, 0.717) is 19.4 Å². The molecular weight excluding hydrogens is 345 g/mol. The SMILES string of the molecule is CN(CCCCCO)S(=O)(=O)c1c(Cl)cc(Cl)cc1Cl. The van der Waals surface area contributed by atoms with Crippen LogP contribution < -0.4 is 0 Å². The quantitative estimate of drug-likeness (QED) is 0.758. The molecule has 1 rings (SSSR count).